The van der Waals surface area contributed by atoms with Crippen LogP contribution in [0.5, 0.6) is 0 Å². The zero-order valence-corrected chi connectivity index (χ0v) is 8.95. The van der Waals surface area contributed by atoms with Crippen molar-refractivity contribution in [1.82, 2.24) is 19.8 Å². The second-order valence-electron chi connectivity index (χ2n) is 3.92. The van der Waals surface area contributed by atoms with Gasteiger partial charge in [-0.2, -0.15) is 0 Å². The van der Waals surface area contributed by atoms with E-state index in [-0.39, 0.29) is 0 Å². The van der Waals surface area contributed by atoms with Gasteiger partial charge in [0, 0.05) is 46.0 Å². The summed E-state index contributed by atoms with van der Waals surface area (Å²) in [6.07, 6.45) is 2.12. The molecule has 0 unspecified atom stereocenters. The van der Waals surface area contributed by atoms with Crippen LogP contribution >= 0.6 is 0 Å². The standard InChI is InChI=1S/C10H18N4/c1-9-12-10(7-13(9)2)8-14-5-3-11-4-6-14/h7,11H,3-6,8H2,1-2H3. The molecule has 1 saturated heterocycles. The highest BCUT2D eigenvalue weighted by Gasteiger charge is 2.11. The molecule has 1 fully saturated rings. The fourth-order valence-corrected chi connectivity index (χ4v) is 1.81. The zero-order chi connectivity index (χ0) is 9.97. The lowest BCUT2D eigenvalue weighted by atomic mass is 10.3. The van der Waals surface area contributed by atoms with E-state index in [1.54, 1.807) is 0 Å². The first-order chi connectivity index (χ1) is 6.75. The normalized spacial score (nSPS) is 18.7. The third-order valence-corrected chi connectivity index (χ3v) is 2.75. The summed E-state index contributed by atoms with van der Waals surface area (Å²) >= 11 is 0. The third-order valence-electron chi connectivity index (χ3n) is 2.75. The number of aryl methyl sites for hydroxylation is 2. The summed E-state index contributed by atoms with van der Waals surface area (Å²) in [7, 11) is 2.05. The number of hydrogen-bond acceptors (Lipinski definition) is 3. The van der Waals surface area contributed by atoms with E-state index in [9.17, 15) is 0 Å². The molecule has 4 nitrogen and oxygen atoms in total. The van der Waals surface area contributed by atoms with E-state index in [1.807, 2.05) is 14.0 Å². The second kappa shape index (κ2) is 4.11. The summed E-state index contributed by atoms with van der Waals surface area (Å²) in [5.74, 6) is 1.09. The average molecular weight is 194 g/mol. The summed E-state index contributed by atoms with van der Waals surface area (Å²) < 4.78 is 2.08. The first-order valence-corrected chi connectivity index (χ1v) is 5.17. The Labute approximate surface area is 84.9 Å². The van der Waals surface area contributed by atoms with Crippen molar-refractivity contribution in [2.45, 2.75) is 13.5 Å². The van der Waals surface area contributed by atoms with Gasteiger partial charge >= 0.3 is 0 Å². The molecule has 0 aromatic carbocycles. The van der Waals surface area contributed by atoms with Crippen molar-refractivity contribution in [3.63, 3.8) is 0 Å². The van der Waals surface area contributed by atoms with Gasteiger partial charge in [0.05, 0.1) is 5.69 Å². The number of nitrogens with one attached hydrogen (secondary N) is 1. The van der Waals surface area contributed by atoms with Crippen molar-refractivity contribution in [1.29, 1.82) is 0 Å². The molecule has 0 bridgehead atoms. The van der Waals surface area contributed by atoms with Crippen molar-refractivity contribution in [3.8, 4) is 0 Å². The molecule has 0 radical (unpaired) electrons. The van der Waals surface area contributed by atoms with Crippen LogP contribution in [0.15, 0.2) is 6.20 Å². The number of imidazole rings is 1. The van der Waals surface area contributed by atoms with Crippen molar-refractivity contribution < 1.29 is 0 Å². The van der Waals surface area contributed by atoms with Gasteiger partial charge in [-0.1, -0.05) is 0 Å². The quantitative estimate of drug-likeness (QED) is 0.726. The molecule has 0 aliphatic carbocycles. The Morgan fingerprint density at radius 1 is 1.43 bits per heavy atom. The van der Waals surface area contributed by atoms with Gasteiger partial charge in [-0.15, -0.1) is 0 Å². The van der Waals surface area contributed by atoms with Crippen LogP contribution in [0.25, 0.3) is 0 Å². The van der Waals surface area contributed by atoms with Crippen molar-refractivity contribution in [3.05, 3.63) is 17.7 Å². The van der Waals surface area contributed by atoms with Gasteiger partial charge in [0.2, 0.25) is 0 Å². The van der Waals surface area contributed by atoms with Crippen molar-refractivity contribution in [2.24, 2.45) is 7.05 Å². The Morgan fingerprint density at radius 2 is 2.14 bits per heavy atom. The van der Waals surface area contributed by atoms with Crippen LogP contribution < -0.4 is 5.32 Å². The SMILES string of the molecule is Cc1nc(CN2CCNCC2)cn1C. The number of aromatic nitrogens is 2. The monoisotopic (exact) mass is 194 g/mol. The van der Waals surface area contributed by atoms with Gasteiger partial charge in [0.15, 0.2) is 0 Å². The predicted molar refractivity (Wildman–Crippen MR) is 56.1 cm³/mol. The first-order valence-electron chi connectivity index (χ1n) is 5.17. The molecule has 0 amide bonds. The highest BCUT2D eigenvalue weighted by molar-refractivity contribution is 5.02. The molecule has 1 N–H and O–H groups in total. The maximum atomic E-state index is 4.51. The molecule has 1 aliphatic heterocycles. The van der Waals surface area contributed by atoms with Crippen LogP contribution in [0.4, 0.5) is 0 Å². The molecule has 0 saturated carbocycles. The van der Waals surface area contributed by atoms with Gasteiger partial charge in [-0.05, 0) is 6.92 Å². The minimum atomic E-state index is 0.989. The summed E-state index contributed by atoms with van der Waals surface area (Å²) in [4.78, 5) is 6.95. The molecule has 78 valence electrons. The van der Waals surface area contributed by atoms with Crippen LogP contribution in [0.1, 0.15) is 11.5 Å². The number of piperazine rings is 1. The smallest absolute Gasteiger partial charge is 0.105 e. The number of rotatable bonds is 2. The highest BCUT2D eigenvalue weighted by Crippen LogP contribution is 2.05. The maximum Gasteiger partial charge on any atom is 0.105 e. The molecule has 2 heterocycles. The number of hydrogen-bond donors (Lipinski definition) is 1. The Hall–Kier alpha value is -0.870. The number of nitrogens with zero attached hydrogens (tertiary/aromatic N) is 3. The van der Waals surface area contributed by atoms with Crippen LogP contribution in [0.2, 0.25) is 0 Å². The minimum absolute atomic E-state index is 0.989. The summed E-state index contributed by atoms with van der Waals surface area (Å²) in [5, 5.41) is 3.35. The van der Waals surface area contributed by atoms with Crippen LogP contribution in [-0.2, 0) is 13.6 Å². The lowest BCUT2D eigenvalue weighted by molar-refractivity contribution is 0.231. The Kier molecular flexibility index (Phi) is 2.84. The Morgan fingerprint density at radius 3 is 2.71 bits per heavy atom. The van der Waals surface area contributed by atoms with E-state index < -0.39 is 0 Å². The van der Waals surface area contributed by atoms with Gasteiger partial charge < -0.3 is 9.88 Å². The van der Waals surface area contributed by atoms with Gasteiger partial charge in [0.1, 0.15) is 5.82 Å². The highest BCUT2D eigenvalue weighted by atomic mass is 15.2. The van der Waals surface area contributed by atoms with E-state index >= 15 is 0 Å². The topological polar surface area (TPSA) is 33.1 Å². The van der Waals surface area contributed by atoms with E-state index in [0.717, 1.165) is 38.5 Å². The van der Waals surface area contributed by atoms with Gasteiger partial charge in [0.25, 0.3) is 0 Å². The second-order valence-corrected chi connectivity index (χ2v) is 3.92. The molecule has 4 heteroatoms. The lowest BCUT2D eigenvalue weighted by Gasteiger charge is -2.26. The molecular weight excluding hydrogens is 176 g/mol. The maximum absolute atomic E-state index is 4.51. The van der Waals surface area contributed by atoms with Crippen LogP contribution in [0, 0.1) is 6.92 Å². The molecule has 14 heavy (non-hydrogen) atoms. The summed E-state index contributed by atoms with van der Waals surface area (Å²) in [6, 6.07) is 0. The molecule has 0 spiro atoms. The van der Waals surface area contributed by atoms with Crippen LogP contribution in [0.3, 0.4) is 0 Å². The van der Waals surface area contributed by atoms with E-state index in [1.165, 1.54) is 5.69 Å². The fraction of sp³-hybridized carbons (Fsp3) is 0.700. The average Bonchev–Trinajstić information content (AvgIpc) is 2.47. The van der Waals surface area contributed by atoms with E-state index in [2.05, 4.69) is 26.0 Å². The molecule has 1 aromatic rings. The third kappa shape index (κ3) is 2.13. The molecule has 0 atom stereocenters. The Bertz CT molecular complexity index is 280. The van der Waals surface area contributed by atoms with Gasteiger partial charge in [-0.3, -0.25) is 4.90 Å². The summed E-state index contributed by atoms with van der Waals surface area (Å²) in [6.45, 7) is 7.51. The van der Waals surface area contributed by atoms with Gasteiger partial charge in [-0.25, -0.2) is 4.98 Å². The molecule has 1 aromatic heterocycles. The van der Waals surface area contributed by atoms with E-state index in [4.69, 9.17) is 0 Å². The molecule has 1 aliphatic rings. The summed E-state index contributed by atoms with van der Waals surface area (Å²) in [5.41, 5.74) is 1.19. The predicted octanol–water partition coefficient (Wildman–Crippen LogP) is 0.134. The fourth-order valence-electron chi connectivity index (χ4n) is 1.81. The minimum Gasteiger partial charge on any atom is -0.338 e. The zero-order valence-electron chi connectivity index (χ0n) is 8.95. The van der Waals surface area contributed by atoms with E-state index in [0.29, 0.717) is 0 Å². The molecule has 2 rings (SSSR count). The van der Waals surface area contributed by atoms with Crippen molar-refractivity contribution in [2.75, 3.05) is 26.2 Å². The lowest BCUT2D eigenvalue weighted by Crippen LogP contribution is -2.42. The molecular formula is C10H18N4. The first kappa shape index (κ1) is 9.68. The Balaban J connectivity index is 1.95. The van der Waals surface area contributed by atoms with Crippen molar-refractivity contribution >= 4 is 0 Å². The largest absolute Gasteiger partial charge is 0.338 e. The van der Waals surface area contributed by atoms with Crippen LogP contribution in [-0.4, -0.2) is 40.6 Å².